The van der Waals surface area contributed by atoms with Crippen LogP contribution in [0.1, 0.15) is 47.0 Å². The van der Waals surface area contributed by atoms with E-state index < -0.39 is 0 Å². The van der Waals surface area contributed by atoms with Crippen molar-refractivity contribution in [2.45, 2.75) is 52.5 Å². The molecule has 1 heterocycles. The predicted octanol–water partition coefficient (Wildman–Crippen LogP) is 2.72. The molecule has 1 atom stereocenters. The lowest BCUT2D eigenvalue weighted by atomic mass is 9.94. The zero-order valence-corrected chi connectivity index (χ0v) is 19.8. The van der Waals surface area contributed by atoms with Crippen molar-refractivity contribution in [2.24, 2.45) is 10.9 Å². The number of likely N-dealkylation sites (tertiary alicyclic amines) is 1. The van der Waals surface area contributed by atoms with Crippen molar-refractivity contribution in [3.8, 4) is 0 Å². The maximum Gasteiger partial charge on any atom is 0.191 e. The van der Waals surface area contributed by atoms with Crippen LogP contribution in [0.5, 0.6) is 0 Å². The SMILES string of the molecule is CCNC(=NCC(C)(C)N1CCCC(C)C1)NCCCOCCOC.I. The second-order valence-electron chi connectivity index (χ2n) is 7.59. The van der Waals surface area contributed by atoms with E-state index >= 15 is 0 Å². The van der Waals surface area contributed by atoms with Crippen LogP contribution in [-0.4, -0.2) is 76.1 Å². The van der Waals surface area contributed by atoms with Gasteiger partial charge in [0.2, 0.25) is 0 Å². The van der Waals surface area contributed by atoms with Crippen LogP contribution in [0.15, 0.2) is 4.99 Å². The third-order valence-corrected chi connectivity index (χ3v) is 4.67. The second kappa shape index (κ2) is 14.9. The summed E-state index contributed by atoms with van der Waals surface area (Å²) in [4.78, 5) is 7.42. The molecule has 0 aromatic heterocycles. The normalized spacial score (nSPS) is 19.1. The molecular formula is C19H41IN4O2. The molecule has 0 amide bonds. The van der Waals surface area contributed by atoms with Gasteiger partial charge in [0, 0.05) is 38.9 Å². The van der Waals surface area contributed by atoms with Gasteiger partial charge in [0.1, 0.15) is 0 Å². The van der Waals surface area contributed by atoms with Crippen molar-refractivity contribution < 1.29 is 9.47 Å². The maximum atomic E-state index is 5.49. The van der Waals surface area contributed by atoms with E-state index in [9.17, 15) is 0 Å². The summed E-state index contributed by atoms with van der Waals surface area (Å²) in [6, 6.07) is 0. The van der Waals surface area contributed by atoms with Gasteiger partial charge in [0.05, 0.1) is 19.8 Å². The van der Waals surface area contributed by atoms with Crippen LogP contribution in [0.25, 0.3) is 0 Å². The summed E-state index contributed by atoms with van der Waals surface area (Å²) >= 11 is 0. The molecule has 1 unspecified atom stereocenters. The number of nitrogens with zero attached hydrogens (tertiary/aromatic N) is 2. The largest absolute Gasteiger partial charge is 0.382 e. The topological polar surface area (TPSA) is 58.1 Å². The van der Waals surface area contributed by atoms with Gasteiger partial charge in [0.25, 0.3) is 0 Å². The zero-order chi connectivity index (χ0) is 18.5. The van der Waals surface area contributed by atoms with E-state index in [-0.39, 0.29) is 29.5 Å². The highest BCUT2D eigenvalue weighted by molar-refractivity contribution is 14.0. The summed E-state index contributed by atoms with van der Waals surface area (Å²) in [6.45, 7) is 16.0. The van der Waals surface area contributed by atoms with Crippen LogP contribution in [-0.2, 0) is 9.47 Å². The number of aliphatic imine (C=N–C) groups is 1. The summed E-state index contributed by atoms with van der Waals surface area (Å²) in [7, 11) is 1.69. The Balaban J connectivity index is 0.00000625. The summed E-state index contributed by atoms with van der Waals surface area (Å²) < 4.78 is 10.5. The quantitative estimate of drug-likeness (QED) is 0.205. The molecule has 0 aromatic rings. The molecule has 6 nitrogen and oxygen atoms in total. The molecule has 1 aliphatic rings. The number of ether oxygens (including phenoxy) is 2. The van der Waals surface area contributed by atoms with Crippen LogP contribution in [0, 0.1) is 5.92 Å². The fourth-order valence-electron chi connectivity index (χ4n) is 3.08. The standard InChI is InChI=1S/C19H40N4O2.HI/c1-6-20-18(21-10-8-12-25-14-13-24-5)22-16-19(3,4)23-11-7-9-17(2)15-23;/h17H,6-16H2,1-5H3,(H2,20,21,22);1H. The Hall–Kier alpha value is -0.120. The van der Waals surface area contributed by atoms with Gasteiger partial charge in [-0.2, -0.15) is 0 Å². The Morgan fingerprint density at radius 1 is 1.23 bits per heavy atom. The first-order chi connectivity index (χ1) is 12.0. The van der Waals surface area contributed by atoms with Gasteiger partial charge in [-0.25, -0.2) is 0 Å². The van der Waals surface area contributed by atoms with Gasteiger partial charge in [-0.15, -0.1) is 24.0 Å². The Labute approximate surface area is 177 Å². The highest BCUT2D eigenvalue weighted by Gasteiger charge is 2.29. The molecule has 1 fully saturated rings. The van der Waals surface area contributed by atoms with E-state index in [4.69, 9.17) is 14.5 Å². The minimum Gasteiger partial charge on any atom is -0.382 e. The molecule has 1 saturated heterocycles. The second-order valence-corrected chi connectivity index (χ2v) is 7.59. The summed E-state index contributed by atoms with van der Waals surface area (Å²) in [5, 5.41) is 6.74. The molecule has 2 N–H and O–H groups in total. The van der Waals surface area contributed by atoms with Gasteiger partial charge in [-0.3, -0.25) is 9.89 Å². The van der Waals surface area contributed by atoms with E-state index in [0.717, 1.165) is 44.5 Å². The average molecular weight is 484 g/mol. The zero-order valence-electron chi connectivity index (χ0n) is 17.5. The van der Waals surface area contributed by atoms with Gasteiger partial charge >= 0.3 is 0 Å². The van der Waals surface area contributed by atoms with E-state index in [1.807, 2.05) is 0 Å². The first-order valence-corrected chi connectivity index (χ1v) is 9.83. The third-order valence-electron chi connectivity index (χ3n) is 4.67. The Bertz CT molecular complexity index is 381. The van der Waals surface area contributed by atoms with Crippen LogP contribution >= 0.6 is 24.0 Å². The van der Waals surface area contributed by atoms with E-state index in [1.165, 1.54) is 25.9 Å². The highest BCUT2D eigenvalue weighted by atomic mass is 127. The minimum absolute atomic E-state index is 0. The maximum absolute atomic E-state index is 5.49. The van der Waals surface area contributed by atoms with Crippen molar-refractivity contribution in [1.29, 1.82) is 0 Å². The van der Waals surface area contributed by atoms with Crippen LogP contribution in [0.3, 0.4) is 0 Å². The Morgan fingerprint density at radius 3 is 2.65 bits per heavy atom. The van der Waals surface area contributed by atoms with Crippen molar-refractivity contribution in [3.05, 3.63) is 0 Å². The molecule has 0 saturated carbocycles. The number of hydrogen-bond donors (Lipinski definition) is 2. The van der Waals surface area contributed by atoms with Crippen molar-refractivity contribution in [2.75, 3.05) is 59.7 Å². The van der Waals surface area contributed by atoms with E-state index in [2.05, 4.69) is 43.2 Å². The predicted molar refractivity (Wildman–Crippen MR) is 121 cm³/mol. The van der Waals surface area contributed by atoms with Gasteiger partial charge < -0.3 is 20.1 Å². The molecule has 0 bridgehead atoms. The molecule has 7 heteroatoms. The summed E-state index contributed by atoms with van der Waals surface area (Å²) in [5.41, 5.74) is 0.0975. The first kappa shape index (κ1) is 25.9. The monoisotopic (exact) mass is 484 g/mol. The summed E-state index contributed by atoms with van der Waals surface area (Å²) in [5.74, 6) is 1.69. The molecular weight excluding hydrogens is 443 g/mol. The van der Waals surface area contributed by atoms with Gasteiger partial charge in [0.15, 0.2) is 5.96 Å². The highest BCUT2D eigenvalue weighted by Crippen LogP contribution is 2.23. The smallest absolute Gasteiger partial charge is 0.191 e. The van der Waals surface area contributed by atoms with Crippen molar-refractivity contribution in [1.82, 2.24) is 15.5 Å². The van der Waals surface area contributed by atoms with E-state index in [1.54, 1.807) is 7.11 Å². The fourth-order valence-corrected chi connectivity index (χ4v) is 3.08. The molecule has 0 aliphatic carbocycles. The van der Waals surface area contributed by atoms with Crippen LogP contribution in [0.2, 0.25) is 0 Å². The number of guanidine groups is 1. The molecule has 156 valence electrons. The first-order valence-electron chi connectivity index (χ1n) is 9.83. The number of hydrogen-bond acceptors (Lipinski definition) is 4. The number of nitrogens with one attached hydrogen (secondary N) is 2. The average Bonchev–Trinajstić information content (AvgIpc) is 2.59. The molecule has 26 heavy (non-hydrogen) atoms. The van der Waals surface area contributed by atoms with Crippen LogP contribution in [0.4, 0.5) is 0 Å². The lowest BCUT2D eigenvalue weighted by Gasteiger charge is -2.42. The number of rotatable bonds is 11. The molecule has 0 aromatic carbocycles. The Kier molecular flexibility index (Phi) is 14.8. The third kappa shape index (κ3) is 10.9. The lowest BCUT2D eigenvalue weighted by molar-refractivity contribution is 0.0698. The minimum atomic E-state index is 0. The molecule has 0 radical (unpaired) electrons. The summed E-state index contributed by atoms with van der Waals surface area (Å²) in [6.07, 6.45) is 3.61. The lowest BCUT2D eigenvalue weighted by Crippen LogP contribution is -2.51. The van der Waals surface area contributed by atoms with Gasteiger partial charge in [-0.1, -0.05) is 6.92 Å². The van der Waals surface area contributed by atoms with Crippen molar-refractivity contribution in [3.63, 3.8) is 0 Å². The number of methoxy groups -OCH3 is 1. The van der Waals surface area contributed by atoms with Crippen LogP contribution < -0.4 is 10.6 Å². The van der Waals surface area contributed by atoms with E-state index in [0.29, 0.717) is 13.2 Å². The van der Waals surface area contributed by atoms with Gasteiger partial charge in [-0.05, 0) is 52.5 Å². The number of halogens is 1. The number of piperidine rings is 1. The fraction of sp³-hybridized carbons (Fsp3) is 0.947. The molecule has 1 rings (SSSR count). The van der Waals surface area contributed by atoms with Crippen molar-refractivity contribution >= 4 is 29.9 Å². The molecule has 1 aliphatic heterocycles. The Morgan fingerprint density at radius 2 is 2.00 bits per heavy atom. The molecule has 0 spiro atoms.